The van der Waals surface area contributed by atoms with E-state index in [4.69, 9.17) is 38.0 Å². The number of allylic oxidation sites excluding steroid dienone is 1. The highest BCUT2D eigenvalue weighted by Crippen LogP contribution is 2.39. The SMILES string of the molecule is C=CCOc1ccc(C2C(C(=O)OCC)=C(C)NC(=S)N2C(=O)/C(C)=C/c2cc(Cl)ccc2O)cc1OCC. The van der Waals surface area contributed by atoms with E-state index in [0.29, 0.717) is 40.0 Å². The third-order valence-corrected chi connectivity index (χ3v) is 6.34. The van der Waals surface area contributed by atoms with Gasteiger partial charge in [0.25, 0.3) is 5.91 Å². The molecule has 1 aliphatic heterocycles. The lowest BCUT2D eigenvalue weighted by atomic mass is 9.92. The van der Waals surface area contributed by atoms with Crippen LogP contribution in [0.1, 0.15) is 44.9 Å². The van der Waals surface area contributed by atoms with Crippen molar-refractivity contribution in [3.63, 3.8) is 0 Å². The Morgan fingerprint density at radius 3 is 2.56 bits per heavy atom. The molecular formula is C29H31ClN2O6S. The quantitative estimate of drug-likeness (QED) is 0.162. The first-order chi connectivity index (χ1) is 18.6. The van der Waals surface area contributed by atoms with Gasteiger partial charge in [-0.2, -0.15) is 0 Å². The molecule has 8 nitrogen and oxygen atoms in total. The zero-order valence-electron chi connectivity index (χ0n) is 22.2. The summed E-state index contributed by atoms with van der Waals surface area (Å²) in [6, 6.07) is 8.77. The number of hydrogen-bond acceptors (Lipinski definition) is 7. The number of hydrogen-bond donors (Lipinski definition) is 2. The van der Waals surface area contributed by atoms with E-state index in [0.717, 1.165) is 0 Å². The van der Waals surface area contributed by atoms with E-state index in [1.807, 2.05) is 6.92 Å². The van der Waals surface area contributed by atoms with E-state index in [9.17, 15) is 14.7 Å². The number of rotatable bonds is 10. The Hall–Kier alpha value is -3.82. The van der Waals surface area contributed by atoms with Crippen molar-refractivity contribution in [3.05, 3.63) is 82.0 Å². The molecule has 206 valence electrons. The standard InChI is InChI=1S/C29H31ClN2O6S/c1-6-13-38-23-12-9-19(16-24(23)36-7-2)26-25(28(35)37-8-3)18(5)31-29(39)32(26)27(34)17(4)14-20-15-21(30)10-11-22(20)33/h6,9-12,14-16,26,33H,1,7-8,13H2,2-5H3,(H,31,39)/b17-14+. The second kappa shape index (κ2) is 13.3. The van der Waals surface area contributed by atoms with Crippen molar-refractivity contribution in [2.24, 2.45) is 0 Å². The topological polar surface area (TPSA) is 97.3 Å². The molecule has 39 heavy (non-hydrogen) atoms. The molecular weight excluding hydrogens is 540 g/mol. The van der Waals surface area contributed by atoms with Crippen LogP contribution in [0.4, 0.5) is 0 Å². The van der Waals surface area contributed by atoms with Gasteiger partial charge in [-0.3, -0.25) is 9.69 Å². The van der Waals surface area contributed by atoms with Crippen LogP contribution in [-0.4, -0.2) is 46.8 Å². The molecule has 3 rings (SSSR count). The van der Waals surface area contributed by atoms with Crippen molar-refractivity contribution < 1.29 is 28.9 Å². The second-order valence-corrected chi connectivity index (χ2v) is 9.36. The number of carbonyl (C=O) groups is 2. The molecule has 1 heterocycles. The number of benzene rings is 2. The minimum Gasteiger partial charge on any atom is -0.507 e. The van der Waals surface area contributed by atoms with Crippen molar-refractivity contribution in [1.29, 1.82) is 0 Å². The van der Waals surface area contributed by atoms with Crippen LogP contribution < -0.4 is 14.8 Å². The van der Waals surface area contributed by atoms with Gasteiger partial charge in [0.05, 0.1) is 24.8 Å². The lowest BCUT2D eigenvalue weighted by Crippen LogP contribution is -2.51. The molecule has 0 aromatic heterocycles. The molecule has 0 bridgehead atoms. The summed E-state index contributed by atoms with van der Waals surface area (Å²) in [6.45, 7) is 11.3. The van der Waals surface area contributed by atoms with E-state index < -0.39 is 17.9 Å². The lowest BCUT2D eigenvalue weighted by Gasteiger charge is -2.38. The fourth-order valence-corrected chi connectivity index (χ4v) is 4.62. The molecule has 0 radical (unpaired) electrons. The Morgan fingerprint density at radius 1 is 1.15 bits per heavy atom. The highest BCUT2D eigenvalue weighted by atomic mass is 35.5. The van der Waals surface area contributed by atoms with E-state index >= 15 is 0 Å². The number of ether oxygens (including phenoxy) is 3. The summed E-state index contributed by atoms with van der Waals surface area (Å²) < 4.78 is 16.9. The smallest absolute Gasteiger partial charge is 0.338 e. The van der Waals surface area contributed by atoms with Gasteiger partial charge in [0, 0.05) is 21.9 Å². The summed E-state index contributed by atoms with van der Waals surface area (Å²) >= 11 is 11.7. The highest BCUT2D eigenvalue weighted by molar-refractivity contribution is 7.80. The number of amides is 1. The van der Waals surface area contributed by atoms with Crippen LogP contribution in [0.25, 0.3) is 6.08 Å². The van der Waals surface area contributed by atoms with E-state index in [1.54, 1.807) is 57.2 Å². The molecule has 0 aliphatic carbocycles. The van der Waals surface area contributed by atoms with Crippen LogP contribution in [0.5, 0.6) is 17.2 Å². The molecule has 2 aromatic rings. The zero-order valence-corrected chi connectivity index (χ0v) is 23.8. The predicted octanol–water partition coefficient (Wildman–Crippen LogP) is 5.71. The average Bonchev–Trinajstić information content (AvgIpc) is 2.89. The number of nitrogens with one attached hydrogen (secondary N) is 1. The van der Waals surface area contributed by atoms with Gasteiger partial charge in [0.1, 0.15) is 12.4 Å². The first kappa shape index (κ1) is 29.7. The van der Waals surface area contributed by atoms with Crippen molar-refractivity contribution >= 4 is 46.9 Å². The molecule has 1 atom stereocenters. The summed E-state index contributed by atoms with van der Waals surface area (Å²) in [4.78, 5) is 28.4. The minimum absolute atomic E-state index is 0.0399. The number of aromatic hydroxyl groups is 1. The van der Waals surface area contributed by atoms with E-state index in [1.165, 1.54) is 17.0 Å². The molecule has 0 saturated heterocycles. The Morgan fingerprint density at radius 2 is 1.90 bits per heavy atom. The first-order valence-electron chi connectivity index (χ1n) is 12.3. The van der Waals surface area contributed by atoms with Gasteiger partial charge < -0.3 is 24.6 Å². The van der Waals surface area contributed by atoms with Gasteiger partial charge >= 0.3 is 5.97 Å². The number of carbonyl (C=O) groups excluding carboxylic acids is 2. The number of nitrogens with zero attached hydrogens (tertiary/aromatic N) is 1. The molecule has 1 amide bonds. The highest BCUT2D eigenvalue weighted by Gasteiger charge is 2.40. The van der Waals surface area contributed by atoms with Crippen molar-refractivity contribution in [3.8, 4) is 17.2 Å². The predicted molar refractivity (Wildman–Crippen MR) is 155 cm³/mol. The first-order valence-corrected chi connectivity index (χ1v) is 13.1. The Kier molecular flexibility index (Phi) is 10.1. The van der Waals surface area contributed by atoms with E-state index in [-0.39, 0.29) is 35.2 Å². The van der Waals surface area contributed by atoms with Gasteiger partial charge in [0.2, 0.25) is 0 Å². The lowest BCUT2D eigenvalue weighted by molar-refractivity contribution is -0.139. The fraction of sp³-hybridized carbons (Fsp3) is 0.276. The molecule has 2 aromatic carbocycles. The van der Waals surface area contributed by atoms with Crippen LogP contribution in [0.2, 0.25) is 5.02 Å². The van der Waals surface area contributed by atoms with Gasteiger partial charge in [-0.1, -0.05) is 30.3 Å². The van der Waals surface area contributed by atoms with E-state index in [2.05, 4.69) is 11.9 Å². The maximum Gasteiger partial charge on any atom is 0.338 e. The summed E-state index contributed by atoms with van der Waals surface area (Å²) in [5, 5.41) is 13.7. The van der Waals surface area contributed by atoms with Crippen LogP contribution in [0.3, 0.4) is 0 Å². The molecule has 10 heteroatoms. The Bertz CT molecular complexity index is 1350. The summed E-state index contributed by atoms with van der Waals surface area (Å²) in [6.07, 6.45) is 3.13. The van der Waals surface area contributed by atoms with Gasteiger partial charge in [-0.05, 0) is 81.9 Å². The Labute approximate surface area is 238 Å². The summed E-state index contributed by atoms with van der Waals surface area (Å²) in [7, 11) is 0. The number of thiocarbonyl (C=S) groups is 1. The Balaban J connectivity index is 2.18. The zero-order chi connectivity index (χ0) is 28.7. The summed E-state index contributed by atoms with van der Waals surface area (Å²) in [5.41, 5.74) is 1.86. The molecule has 0 saturated carbocycles. The normalized spacial score (nSPS) is 15.5. The molecule has 1 aliphatic rings. The maximum atomic E-state index is 13.9. The van der Waals surface area contributed by atoms with Crippen LogP contribution in [-0.2, 0) is 14.3 Å². The second-order valence-electron chi connectivity index (χ2n) is 8.54. The van der Waals surface area contributed by atoms with Crippen molar-refractivity contribution in [2.45, 2.75) is 33.7 Å². The minimum atomic E-state index is -0.936. The number of phenols is 1. The number of phenolic OH excluding ortho intramolecular Hbond substituents is 1. The van der Waals surface area contributed by atoms with Gasteiger partial charge in [-0.15, -0.1) is 0 Å². The van der Waals surface area contributed by atoms with Crippen molar-refractivity contribution in [1.82, 2.24) is 10.2 Å². The third kappa shape index (κ3) is 6.79. The fourth-order valence-electron chi connectivity index (χ4n) is 4.10. The average molecular weight is 571 g/mol. The largest absolute Gasteiger partial charge is 0.507 e. The summed E-state index contributed by atoms with van der Waals surface area (Å²) in [5.74, 6) is -0.198. The van der Waals surface area contributed by atoms with Crippen LogP contribution in [0, 0.1) is 0 Å². The molecule has 0 spiro atoms. The molecule has 0 fully saturated rings. The van der Waals surface area contributed by atoms with Crippen molar-refractivity contribution in [2.75, 3.05) is 19.8 Å². The maximum absolute atomic E-state index is 13.9. The van der Waals surface area contributed by atoms with Gasteiger partial charge in [0.15, 0.2) is 16.6 Å². The monoisotopic (exact) mass is 570 g/mol. The molecule has 1 unspecified atom stereocenters. The van der Waals surface area contributed by atoms with Gasteiger partial charge in [-0.25, -0.2) is 4.79 Å². The van der Waals surface area contributed by atoms with Crippen LogP contribution >= 0.6 is 23.8 Å². The van der Waals surface area contributed by atoms with Crippen LogP contribution in [0.15, 0.2) is 65.9 Å². The number of esters is 1. The third-order valence-electron chi connectivity index (χ3n) is 5.80. The number of halogens is 1. The molecule has 2 N–H and O–H groups in total.